The van der Waals surface area contributed by atoms with Gasteiger partial charge in [-0.3, -0.25) is 0 Å². The molecule has 0 aliphatic heterocycles. The van der Waals surface area contributed by atoms with Crippen molar-refractivity contribution >= 4 is 50.5 Å². The summed E-state index contributed by atoms with van der Waals surface area (Å²) >= 11 is 10.8. The summed E-state index contributed by atoms with van der Waals surface area (Å²) < 4.78 is 6.12. The third-order valence-corrected chi connectivity index (χ3v) is 4.60. The van der Waals surface area contributed by atoms with Gasteiger partial charge >= 0.3 is 5.97 Å². The standard InChI is InChI=1S/C12H9BrClNO2S/c13-8-4-5-18-10(8)6-17-12(16)7-2-1-3-9(15)11(7)14/h1-5H,6,15H2. The number of hydrogen-bond acceptors (Lipinski definition) is 4. The molecule has 0 aliphatic carbocycles. The van der Waals surface area contributed by atoms with Crippen molar-refractivity contribution in [2.24, 2.45) is 0 Å². The van der Waals surface area contributed by atoms with E-state index < -0.39 is 5.97 Å². The van der Waals surface area contributed by atoms with Crippen molar-refractivity contribution in [1.29, 1.82) is 0 Å². The second-order valence-corrected chi connectivity index (χ2v) is 5.71. The molecule has 2 N–H and O–H groups in total. The number of ether oxygens (including phenoxy) is 1. The highest BCUT2D eigenvalue weighted by molar-refractivity contribution is 9.10. The third kappa shape index (κ3) is 2.85. The Labute approximate surface area is 122 Å². The molecule has 3 nitrogen and oxygen atoms in total. The van der Waals surface area contributed by atoms with Gasteiger partial charge < -0.3 is 10.5 Å². The molecule has 1 aromatic heterocycles. The predicted molar refractivity (Wildman–Crippen MR) is 77.0 cm³/mol. The van der Waals surface area contributed by atoms with Crippen LogP contribution in [0.25, 0.3) is 0 Å². The lowest BCUT2D eigenvalue weighted by atomic mass is 10.2. The van der Waals surface area contributed by atoms with E-state index in [0.29, 0.717) is 5.69 Å². The van der Waals surface area contributed by atoms with Gasteiger partial charge in [-0.25, -0.2) is 4.79 Å². The van der Waals surface area contributed by atoms with Gasteiger partial charge in [0.2, 0.25) is 0 Å². The number of anilines is 1. The monoisotopic (exact) mass is 345 g/mol. The number of carbonyl (C=O) groups is 1. The van der Waals surface area contributed by atoms with Gasteiger partial charge in [0.25, 0.3) is 0 Å². The van der Waals surface area contributed by atoms with Crippen LogP contribution in [0.1, 0.15) is 15.2 Å². The van der Waals surface area contributed by atoms with E-state index in [1.165, 1.54) is 11.3 Å². The molecule has 0 saturated carbocycles. The van der Waals surface area contributed by atoms with Gasteiger partial charge in [0.05, 0.1) is 21.2 Å². The van der Waals surface area contributed by atoms with Gasteiger partial charge in [-0.1, -0.05) is 17.7 Å². The molecule has 2 aromatic rings. The van der Waals surface area contributed by atoms with Gasteiger partial charge in [-0.2, -0.15) is 0 Å². The summed E-state index contributed by atoms with van der Waals surface area (Å²) in [5, 5.41) is 2.15. The molecule has 0 amide bonds. The molecular formula is C12H9BrClNO2S. The summed E-state index contributed by atoms with van der Waals surface area (Å²) in [6.07, 6.45) is 0. The fraction of sp³-hybridized carbons (Fsp3) is 0.0833. The lowest BCUT2D eigenvalue weighted by Crippen LogP contribution is -2.06. The quantitative estimate of drug-likeness (QED) is 0.672. The van der Waals surface area contributed by atoms with Crippen LogP contribution in [-0.4, -0.2) is 5.97 Å². The number of benzene rings is 1. The Hall–Kier alpha value is -1.04. The molecule has 0 bridgehead atoms. The molecule has 0 saturated heterocycles. The van der Waals surface area contributed by atoms with Crippen LogP contribution in [0.5, 0.6) is 0 Å². The maximum absolute atomic E-state index is 11.9. The minimum absolute atomic E-state index is 0.211. The average Bonchev–Trinajstić information content (AvgIpc) is 2.75. The molecule has 18 heavy (non-hydrogen) atoms. The van der Waals surface area contributed by atoms with Gasteiger partial charge in [0.15, 0.2) is 0 Å². The van der Waals surface area contributed by atoms with Crippen molar-refractivity contribution in [2.45, 2.75) is 6.61 Å². The van der Waals surface area contributed by atoms with E-state index in [2.05, 4.69) is 15.9 Å². The van der Waals surface area contributed by atoms with Crippen LogP contribution in [0.3, 0.4) is 0 Å². The minimum Gasteiger partial charge on any atom is -0.456 e. The van der Waals surface area contributed by atoms with Gasteiger partial charge in [-0.05, 0) is 39.5 Å². The summed E-state index contributed by atoms with van der Waals surface area (Å²) in [7, 11) is 0. The summed E-state index contributed by atoms with van der Waals surface area (Å²) in [5.74, 6) is -0.479. The highest BCUT2D eigenvalue weighted by Gasteiger charge is 2.14. The number of hydrogen-bond donors (Lipinski definition) is 1. The van der Waals surface area contributed by atoms with E-state index in [9.17, 15) is 4.79 Å². The molecule has 0 atom stereocenters. The maximum Gasteiger partial charge on any atom is 0.340 e. The first kappa shape index (κ1) is 13.4. The average molecular weight is 347 g/mol. The van der Waals surface area contributed by atoms with Crippen LogP contribution in [0.15, 0.2) is 34.1 Å². The number of esters is 1. The first-order chi connectivity index (χ1) is 8.59. The van der Waals surface area contributed by atoms with Gasteiger partial charge in [-0.15, -0.1) is 11.3 Å². The van der Waals surface area contributed by atoms with Crippen molar-refractivity contribution in [3.8, 4) is 0 Å². The highest BCUT2D eigenvalue weighted by atomic mass is 79.9. The molecule has 2 rings (SSSR count). The first-order valence-electron chi connectivity index (χ1n) is 5.02. The fourth-order valence-electron chi connectivity index (χ4n) is 1.34. The number of nitrogen functional groups attached to an aromatic ring is 1. The predicted octanol–water partition coefficient (Wildman–Crippen LogP) is 4.10. The molecular weight excluding hydrogens is 338 g/mol. The topological polar surface area (TPSA) is 52.3 Å². The summed E-state index contributed by atoms with van der Waals surface area (Å²) in [6, 6.07) is 6.79. The van der Waals surface area contributed by atoms with Crippen LogP contribution >= 0.6 is 38.9 Å². The molecule has 0 fully saturated rings. The lowest BCUT2D eigenvalue weighted by Gasteiger charge is -2.07. The van der Waals surface area contributed by atoms with E-state index in [1.807, 2.05) is 11.4 Å². The Morgan fingerprint density at radius 1 is 1.44 bits per heavy atom. The molecule has 0 aliphatic rings. The molecule has 94 valence electrons. The lowest BCUT2D eigenvalue weighted by molar-refractivity contribution is 0.0476. The zero-order valence-electron chi connectivity index (χ0n) is 9.15. The summed E-state index contributed by atoms with van der Waals surface area (Å²) in [6.45, 7) is 0.211. The van der Waals surface area contributed by atoms with Crippen molar-refractivity contribution < 1.29 is 9.53 Å². The molecule has 0 spiro atoms. The Balaban J connectivity index is 2.09. The number of rotatable bonds is 3. The highest BCUT2D eigenvalue weighted by Crippen LogP contribution is 2.26. The van der Waals surface area contributed by atoms with Crippen molar-refractivity contribution in [2.75, 3.05) is 5.73 Å². The Bertz CT molecular complexity index is 585. The Morgan fingerprint density at radius 2 is 2.22 bits per heavy atom. The second-order valence-electron chi connectivity index (χ2n) is 3.48. The largest absolute Gasteiger partial charge is 0.456 e. The van der Waals surface area contributed by atoms with Crippen LogP contribution in [0.2, 0.25) is 5.02 Å². The van der Waals surface area contributed by atoms with Crippen LogP contribution in [0, 0.1) is 0 Å². The van der Waals surface area contributed by atoms with Gasteiger partial charge in [0, 0.05) is 4.47 Å². The van der Waals surface area contributed by atoms with Crippen molar-refractivity contribution in [1.82, 2.24) is 0 Å². The molecule has 0 radical (unpaired) electrons. The minimum atomic E-state index is -0.479. The number of halogens is 2. The van der Waals surface area contributed by atoms with Crippen LogP contribution in [-0.2, 0) is 11.3 Å². The SMILES string of the molecule is Nc1cccc(C(=O)OCc2sccc2Br)c1Cl. The fourth-order valence-corrected chi connectivity index (χ4v) is 2.93. The first-order valence-corrected chi connectivity index (χ1v) is 7.07. The van der Waals surface area contributed by atoms with E-state index in [0.717, 1.165) is 9.35 Å². The summed E-state index contributed by atoms with van der Waals surface area (Å²) in [5.41, 5.74) is 6.27. The Morgan fingerprint density at radius 3 is 2.89 bits per heavy atom. The van der Waals surface area contributed by atoms with E-state index in [-0.39, 0.29) is 17.2 Å². The van der Waals surface area contributed by atoms with E-state index in [1.54, 1.807) is 18.2 Å². The van der Waals surface area contributed by atoms with Crippen molar-refractivity contribution in [3.05, 3.63) is 49.6 Å². The number of thiophene rings is 1. The normalized spacial score (nSPS) is 10.3. The third-order valence-electron chi connectivity index (χ3n) is 2.27. The maximum atomic E-state index is 11.9. The second kappa shape index (κ2) is 5.73. The zero-order chi connectivity index (χ0) is 13.1. The zero-order valence-corrected chi connectivity index (χ0v) is 12.3. The smallest absolute Gasteiger partial charge is 0.340 e. The van der Waals surface area contributed by atoms with Crippen LogP contribution < -0.4 is 5.73 Å². The van der Waals surface area contributed by atoms with E-state index >= 15 is 0 Å². The van der Waals surface area contributed by atoms with E-state index in [4.69, 9.17) is 22.1 Å². The molecule has 6 heteroatoms. The number of carbonyl (C=O) groups excluding carboxylic acids is 1. The molecule has 0 unspecified atom stereocenters. The molecule has 1 heterocycles. The van der Waals surface area contributed by atoms with Gasteiger partial charge in [0.1, 0.15) is 6.61 Å². The summed E-state index contributed by atoms with van der Waals surface area (Å²) in [4.78, 5) is 12.8. The number of nitrogens with two attached hydrogens (primary N) is 1. The van der Waals surface area contributed by atoms with Crippen molar-refractivity contribution in [3.63, 3.8) is 0 Å². The Kier molecular flexibility index (Phi) is 4.27. The molecule has 1 aromatic carbocycles. The van der Waals surface area contributed by atoms with Crippen LogP contribution in [0.4, 0.5) is 5.69 Å².